The number of carbonyl (C=O) groups excluding carboxylic acids is 1. The number of nitro benzene ring substituents is 1. The van der Waals surface area contributed by atoms with E-state index >= 15 is 0 Å². The predicted molar refractivity (Wildman–Crippen MR) is 110 cm³/mol. The van der Waals surface area contributed by atoms with Crippen LogP contribution in [0.4, 0.5) is 11.4 Å². The molecule has 8 nitrogen and oxygen atoms in total. The summed E-state index contributed by atoms with van der Waals surface area (Å²) < 4.78 is 27.1. The van der Waals surface area contributed by atoms with Gasteiger partial charge in [-0.05, 0) is 49.1 Å². The summed E-state index contributed by atoms with van der Waals surface area (Å²) in [6.45, 7) is 3.03. The molecular formula is C19H20ClN3O5S. The molecule has 1 atom stereocenters. The summed E-state index contributed by atoms with van der Waals surface area (Å²) in [4.78, 5) is 22.7. The molecule has 0 bridgehead atoms. The SMILES string of the molecule is CC1CCCN(S(=O)(=O)c2ccc(NC(=O)c3ccc([N+](=O)[O-])cc3Cl)cc2)C1. The van der Waals surface area contributed by atoms with Gasteiger partial charge >= 0.3 is 0 Å². The van der Waals surface area contributed by atoms with Crippen LogP contribution in [0.25, 0.3) is 0 Å². The molecule has 0 aliphatic carbocycles. The lowest BCUT2D eigenvalue weighted by atomic mass is 10.0. The van der Waals surface area contributed by atoms with Gasteiger partial charge in [-0.15, -0.1) is 0 Å². The fraction of sp³-hybridized carbons (Fsp3) is 0.316. The molecule has 1 amide bonds. The molecule has 2 aromatic rings. The highest BCUT2D eigenvalue weighted by Crippen LogP contribution is 2.26. The maximum atomic E-state index is 12.8. The third-order valence-corrected chi connectivity index (χ3v) is 6.97. The molecule has 0 aromatic heterocycles. The van der Waals surface area contributed by atoms with Crippen LogP contribution in [0.15, 0.2) is 47.4 Å². The normalized spacial score (nSPS) is 17.7. The van der Waals surface area contributed by atoms with Crippen molar-refractivity contribution >= 4 is 38.9 Å². The number of hydrogen-bond donors (Lipinski definition) is 1. The van der Waals surface area contributed by atoms with Gasteiger partial charge in [0.2, 0.25) is 10.0 Å². The van der Waals surface area contributed by atoms with Crippen molar-refractivity contribution in [3.05, 3.63) is 63.2 Å². The first-order chi connectivity index (χ1) is 13.7. The van der Waals surface area contributed by atoms with E-state index in [9.17, 15) is 23.3 Å². The van der Waals surface area contributed by atoms with E-state index in [1.54, 1.807) is 0 Å². The molecule has 2 aromatic carbocycles. The zero-order chi connectivity index (χ0) is 21.2. The lowest BCUT2D eigenvalue weighted by molar-refractivity contribution is -0.384. The van der Waals surface area contributed by atoms with E-state index in [1.807, 2.05) is 6.92 Å². The predicted octanol–water partition coefficient (Wildman–Crippen LogP) is 3.92. The Labute approximate surface area is 173 Å². The summed E-state index contributed by atoms with van der Waals surface area (Å²) in [7, 11) is -3.58. The number of carbonyl (C=O) groups is 1. The quantitative estimate of drug-likeness (QED) is 0.563. The average molecular weight is 438 g/mol. The van der Waals surface area contributed by atoms with Crippen molar-refractivity contribution in [2.75, 3.05) is 18.4 Å². The molecule has 3 rings (SSSR count). The summed E-state index contributed by atoms with van der Waals surface area (Å²) in [5, 5.41) is 13.3. The first-order valence-corrected chi connectivity index (χ1v) is 10.9. The Kier molecular flexibility index (Phi) is 6.21. The van der Waals surface area contributed by atoms with Gasteiger partial charge in [0, 0.05) is 30.9 Å². The van der Waals surface area contributed by atoms with Gasteiger partial charge in [0.1, 0.15) is 0 Å². The number of rotatable bonds is 5. The van der Waals surface area contributed by atoms with Crippen LogP contribution in [0, 0.1) is 16.0 Å². The van der Waals surface area contributed by atoms with Gasteiger partial charge < -0.3 is 5.32 Å². The molecule has 1 aliphatic heterocycles. The minimum absolute atomic E-state index is 0.0462. The third-order valence-electron chi connectivity index (χ3n) is 4.78. The van der Waals surface area contributed by atoms with Crippen LogP contribution < -0.4 is 5.32 Å². The molecule has 1 fully saturated rings. The molecule has 0 radical (unpaired) electrons. The molecule has 1 unspecified atom stereocenters. The third kappa shape index (κ3) is 4.75. The van der Waals surface area contributed by atoms with Crippen molar-refractivity contribution in [2.24, 2.45) is 5.92 Å². The number of halogens is 1. The number of nitro groups is 1. The summed E-state index contributed by atoms with van der Waals surface area (Å²) in [6, 6.07) is 9.45. The van der Waals surface area contributed by atoms with Crippen LogP contribution in [0.3, 0.4) is 0 Å². The molecule has 0 spiro atoms. The van der Waals surface area contributed by atoms with E-state index in [2.05, 4.69) is 5.32 Å². The largest absolute Gasteiger partial charge is 0.322 e. The topological polar surface area (TPSA) is 110 Å². The molecular weight excluding hydrogens is 418 g/mol. The van der Waals surface area contributed by atoms with E-state index in [0.29, 0.717) is 24.7 Å². The highest BCUT2D eigenvalue weighted by atomic mass is 35.5. The highest BCUT2D eigenvalue weighted by molar-refractivity contribution is 7.89. The molecule has 1 heterocycles. The second kappa shape index (κ2) is 8.48. The summed E-state index contributed by atoms with van der Waals surface area (Å²) in [6.07, 6.45) is 1.85. The molecule has 1 saturated heterocycles. The maximum Gasteiger partial charge on any atom is 0.270 e. The van der Waals surface area contributed by atoms with Crippen molar-refractivity contribution in [1.82, 2.24) is 4.31 Å². The zero-order valence-corrected chi connectivity index (χ0v) is 17.2. The smallest absolute Gasteiger partial charge is 0.270 e. The number of nitrogens with one attached hydrogen (secondary N) is 1. The summed E-state index contributed by atoms with van der Waals surface area (Å²) in [5.41, 5.74) is 0.250. The Bertz CT molecular complexity index is 1040. The van der Waals surface area contributed by atoms with E-state index in [1.165, 1.54) is 40.7 Å². The number of benzene rings is 2. The maximum absolute atomic E-state index is 12.8. The second-order valence-electron chi connectivity index (χ2n) is 7.01. The summed E-state index contributed by atoms with van der Waals surface area (Å²) in [5.74, 6) is -0.228. The molecule has 154 valence electrons. The average Bonchev–Trinajstić information content (AvgIpc) is 2.68. The summed E-state index contributed by atoms with van der Waals surface area (Å²) >= 11 is 5.97. The van der Waals surface area contributed by atoms with Crippen molar-refractivity contribution in [3.63, 3.8) is 0 Å². The van der Waals surface area contributed by atoms with Gasteiger partial charge in [-0.1, -0.05) is 18.5 Å². The minimum atomic E-state index is -3.58. The minimum Gasteiger partial charge on any atom is -0.322 e. The van der Waals surface area contributed by atoms with Crippen molar-refractivity contribution in [1.29, 1.82) is 0 Å². The van der Waals surface area contributed by atoms with E-state index < -0.39 is 20.9 Å². The number of hydrogen-bond acceptors (Lipinski definition) is 5. The van der Waals surface area contributed by atoms with Crippen molar-refractivity contribution in [3.8, 4) is 0 Å². The Morgan fingerprint density at radius 2 is 1.93 bits per heavy atom. The Balaban J connectivity index is 1.74. The lowest BCUT2D eigenvalue weighted by Crippen LogP contribution is -2.39. The van der Waals surface area contributed by atoms with Crippen molar-refractivity contribution < 1.29 is 18.1 Å². The van der Waals surface area contributed by atoms with Crippen LogP contribution in [0.2, 0.25) is 5.02 Å². The van der Waals surface area contributed by atoms with Gasteiger partial charge in [0.25, 0.3) is 11.6 Å². The Morgan fingerprint density at radius 1 is 1.24 bits per heavy atom. The number of sulfonamides is 1. The standard InChI is InChI=1S/C19H20ClN3O5S/c1-13-3-2-10-22(12-13)29(27,28)16-7-4-14(5-8-16)21-19(24)17-9-6-15(23(25)26)11-18(17)20/h4-9,11,13H,2-3,10,12H2,1H3,(H,21,24). The van der Waals surface area contributed by atoms with Gasteiger partial charge in [-0.25, -0.2) is 8.42 Å². The number of amides is 1. The van der Waals surface area contributed by atoms with E-state index in [-0.39, 0.29) is 21.2 Å². The first kappa shape index (κ1) is 21.2. The van der Waals surface area contributed by atoms with Crippen LogP contribution in [-0.4, -0.2) is 36.6 Å². The van der Waals surface area contributed by atoms with E-state index in [4.69, 9.17) is 11.6 Å². The zero-order valence-electron chi connectivity index (χ0n) is 15.7. The van der Waals surface area contributed by atoms with Gasteiger partial charge in [-0.3, -0.25) is 14.9 Å². The Morgan fingerprint density at radius 3 is 2.52 bits per heavy atom. The number of non-ortho nitro benzene ring substituents is 1. The number of piperidine rings is 1. The van der Waals surface area contributed by atoms with Crippen LogP contribution in [0.5, 0.6) is 0 Å². The fourth-order valence-electron chi connectivity index (χ4n) is 3.22. The second-order valence-corrected chi connectivity index (χ2v) is 9.36. The molecule has 1 aliphatic rings. The fourth-order valence-corrected chi connectivity index (χ4v) is 5.08. The first-order valence-electron chi connectivity index (χ1n) is 9.04. The van der Waals surface area contributed by atoms with Crippen molar-refractivity contribution in [2.45, 2.75) is 24.7 Å². The molecule has 29 heavy (non-hydrogen) atoms. The number of nitrogens with zero attached hydrogens (tertiary/aromatic N) is 2. The molecule has 1 N–H and O–H groups in total. The molecule has 10 heteroatoms. The Hall–Kier alpha value is -2.49. The van der Waals surface area contributed by atoms with Gasteiger partial charge in [0.15, 0.2) is 0 Å². The van der Waals surface area contributed by atoms with E-state index in [0.717, 1.165) is 18.9 Å². The monoisotopic (exact) mass is 437 g/mol. The number of anilines is 1. The highest BCUT2D eigenvalue weighted by Gasteiger charge is 2.28. The lowest BCUT2D eigenvalue weighted by Gasteiger charge is -2.30. The van der Waals surface area contributed by atoms with Crippen LogP contribution >= 0.6 is 11.6 Å². The van der Waals surface area contributed by atoms with Gasteiger partial charge in [-0.2, -0.15) is 4.31 Å². The van der Waals surface area contributed by atoms with Crippen LogP contribution in [-0.2, 0) is 10.0 Å². The van der Waals surface area contributed by atoms with Gasteiger partial charge in [0.05, 0.1) is 20.4 Å². The van der Waals surface area contributed by atoms with Crippen LogP contribution in [0.1, 0.15) is 30.1 Å². The molecule has 0 saturated carbocycles.